The molecule has 0 aromatic carbocycles. The molecule has 5 nitrogen and oxygen atoms in total. The zero-order valence-corrected chi connectivity index (χ0v) is 10.1. The van der Waals surface area contributed by atoms with Gasteiger partial charge in [-0.25, -0.2) is 0 Å². The van der Waals surface area contributed by atoms with Crippen LogP contribution in [0, 0.1) is 16.7 Å². The van der Waals surface area contributed by atoms with Crippen molar-refractivity contribution >= 4 is 5.91 Å². The Morgan fingerprint density at radius 3 is 2.06 bits per heavy atom. The first-order valence-corrected chi connectivity index (χ1v) is 5.39. The van der Waals surface area contributed by atoms with Gasteiger partial charge in [0.05, 0.1) is 24.8 Å². The van der Waals surface area contributed by atoms with Crippen LogP contribution in [0.5, 0.6) is 0 Å². The summed E-state index contributed by atoms with van der Waals surface area (Å²) in [5.74, 6) is -0.456. The Bertz CT molecular complexity index is 273. The van der Waals surface area contributed by atoms with Crippen molar-refractivity contribution in [3.63, 3.8) is 0 Å². The fourth-order valence-electron chi connectivity index (χ4n) is 1.11. The minimum Gasteiger partial charge on any atom is -0.394 e. The van der Waals surface area contributed by atoms with Crippen molar-refractivity contribution in [1.82, 2.24) is 5.32 Å². The molecule has 0 saturated carbocycles. The van der Waals surface area contributed by atoms with E-state index in [1.165, 1.54) is 6.92 Å². The number of nitriles is 1. The van der Waals surface area contributed by atoms with Gasteiger partial charge in [0.1, 0.15) is 5.41 Å². The molecule has 1 amide bonds. The Labute approximate surface area is 96.1 Å². The maximum Gasteiger partial charge on any atom is 0.240 e. The van der Waals surface area contributed by atoms with E-state index in [0.717, 1.165) is 0 Å². The minimum absolute atomic E-state index is 0.350. The molecule has 0 heterocycles. The number of carbonyl (C=O) groups excluding carboxylic acids is 1. The molecule has 1 unspecified atom stereocenters. The summed E-state index contributed by atoms with van der Waals surface area (Å²) in [7, 11) is 0. The fourth-order valence-corrected chi connectivity index (χ4v) is 1.11. The molecule has 0 aliphatic heterocycles. The lowest BCUT2D eigenvalue weighted by Crippen LogP contribution is -2.57. The summed E-state index contributed by atoms with van der Waals surface area (Å²) >= 11 is 0. The molecule has 1 atom stereocenters. The molecule has 0 aliphatic carbocycles. The molecule has 0 aromatic heterocycles. The van der Waals surface area contributed by atoms with Gasteiger partial charge in [-0.3, -0.25) is 4.79 Å². The maximum absolute atomic E-state index is 11.9. The summed E-state index contributed by atoms with van der Waals surface area (Å²) in [5.41, 5.74) is -2.16. The van der Waals surface area contributed by atoms with E-state index in [1.807, 2.05) is 6.07 Å². The van der Waals surface area contributed by atoms with Gasteiger partial charge in [-0.2, -0.15) is 5.26 Å². The van der Waals surface area contributed by atoms with Gasteiger partial charge in [-0.1, -0.05) is 13.8 Å². The Morgan fingerprint density at radius 1 is 1.31 bits per heavy atom. The number of aliphatic hydroxyl groups excluding tert-OH is 2. The number of rotatable bonds is 6. The first-order valence-electron chi connectivity index (χ1n) is 5.39. The quantitative estimate of drug-likeness (QED) is 0.604. The van der Waals surface area contributed by atoms with Crippen LogP contribution < -0.4 is 5.32 Å². The second kappa shape index (κ2) is 5.83. The second-order valence-corrected chi connectivity index (χ2v) is 4.20. The van der Waals surface area contributed by atoms with Crippen LogP contribution in [0.4, 0.5) is 0 Å². The molecule has 0 radical (unpaired) electrons. The van der Waals surface area contributed by atoms with Gasteiger partial charge >= 0.3 is 0 Å². The van der Waals surface area contributed by atoms with Crippen LogP contribution in [0.2, 0.25) is 0 Å². The SMILES string of the molecule is CCC(CO)(CO)NC(=O)C(C)(C#N)CC. The van der Waals surface area contributed by atoms with Gasteiger partial charge in [0.2, 0.25) is 5.91 Å². The predicted octanol–water partition coefficient (Wildman–Crippen LogP) is 0.176. The summed E-state index contributed by atoms with van der Waals surface area (Å²) in [6.07, 6.45) is 0.781. The summed E-state index contributed by atoms with van der Waals surface area (Å²) < 4.78 is 0. The van der Waals surface area contributed by atoms with Crippen LogP contribution in [-0.2, 0) is 4.79 Å². The summed E-state index contributed by atoms with van der Waals surface area (Å²) in [5, 5.41) is 29.9. The molecule has 3 N–H and O–H groups in total. The molecule has 0 bridgehead atoms. The third kappa shape index (κ3) is 2.94. The Hall–Kier alpha value is -1.12. The minimum atomic E-state index is -1.12. The molecule has 5 heteroatoms. The summed E-state index contributed by atoms with van der Waals surface area (Å²) in [6.45, 7) is 4.34. The van der Waals surface area contributed by atoms with Gasteiger partial charge in [0.25, 0.3) is 0 Å². The van der Waals surface area contributed by atoms with Crippen LogP contribution in [0.1, 0.15) is 33.6 Å². The van der Waals surface area contributed by atoms with Gasteiger partial charge in [-0.15, -0.1) is 0 Å². The van der Waals surface area contributed by atoms with E-state index in [4.69, 9.17) is 5.26 Å². The van der Waals surface area contributed by atoms with Gasteiger partial charge in [-0.05, 0) is 19.8 Å². The van der Waals surface area contributed by atoms with E-state index < -0.39 is 16.9 Å². The van der Waals surface area contributed by atoms with Crippen LogP contribution in [0.3, 0.4) is 0 Å². The highest BCUT2D eigenvalue weighted by atomic mass is 16.3. The highest BCUT2D eigenvalue weighted by Crippen LogP contribution is 2.21. The largest absolute Gasteiger partial charge is 0.394 e. The maximum atomic E-state index is 11.9. The zero-order chi connectivity index (χ0) is 12.8. The Balaban J connectivity index is 4.85. The second-order valence-electron chi connectivity index (χ2n) is 4.20. The smallest absolute Gasteiger partial charge is 0.240 e. The monoisotopic (exact) mass is 228 g/mol. The van der Waals surface area contributed by atoms with E-state index in [9.17, 15) is 15.0 Å². The van der Waals surface area contributed by atoms with Crippen molar-refractivity contribution < 1.29 is 15.0 Å². The lowest BCUT2D eigenvalue weighted by Gasteiger charge is -2.32. The lowest BCUT2D eigenvalue weighted by atomic mass is 9.86. The molecule has 0 rings (SSSR count). The lowest BCUT2D eigenvalue weighted by molar-refractivity contribution is -0.131. The fraction of sp³-hybridized carbons (Fsp3) is 0.818. The van der Waals surface area contributed by atoms with Crippen molar-refractivity contribution in [2.45, 2.75) is 39.2 Å². The highest BCUT2D eigenvalue weighted by Gasteiger charge is 2.37. The number of carbonyl (C=O) groups is 1. The topological polar surface area (TPSA) is 93.3 Å². The zero-order valence-electron chi connectivity index (χ0n) is 10.1. The van der Waals surface area contributed by atoms with Crippen molar-refractivity contribution in [1.29, 1.82) is 5.26 Å². The molecule has 16 heavy (non-hydrogen) atoms. The highest BCUT2D eigenvalue weighted by molar-refractivity contribution is 5.85. The Kier molecular flexibility index (Phi) is 5.42. The van der Waals surface area contributed by atoms with Crippen LogP contribution in [0.15, 0.2) is 0 Å². The van der Waals surface area contributed by atoms with Crippen LogP contribution in [0.25, 0.3) is 0 Å². The Morgan fingerprint density at radius 2 is 1.81 bits per heavy atom. The molecule has 0 aliphatic rings. The van der Waals surface area contributed by atoms with Gasteiger partial charge in [0.15, 0.2) is 0 Å². The molecule has 0 aromatic rings. The molecular weight excluding hydrogens is 208 g/mol. The third-order valence-corrected chi connectivity index (χ3v) is 3.12. The van der Waals surface area contributed by atoms with E-state index in [2.05, 4.69) is 5.32 Å². The number of aliphatic hydroxyl groups is 2. The van der Waals surface area contributed by atoms with Crippen LogP contribution >= 0.6 is 0 Å². The predicted molar refractivity (Wildman–Crippen MR) is 59.3 cm³/mol. The van der Waals surface area contributed by atoms with Crippen molar-refractivity contribution in [3.05, 3.63) is 0 Å². The van der Waals surface area contributed by atoms with E-state index in [-0.39, 0.29) is 13.2 Å². The number of hydrogen-bond acceptors (Lipinski definition) is 4. The normalized spacial score (nSPS) is 15.0. The number of amides is 1. The molecule has 0 fully saturated rings. The van der Waals surface area contributed by atoms with E-state index in [1.54, 1.807) is 13.8 Å². The molecule has 0 spiro atoms. The van der Waals surface area contributed by atoms with Crippen molar-refractivity contribution in [3.8, 4) is 6.07 Å². The van der Waals surface area contributed by atoms with Crippen molar-refractivity contribution in [2.75, 3.05) is 13.2 Å². The summed E-state index contributed by atoms with van der Waals surface area (Å²) in [6, 6.07) is 1.95. The number of hydrogen-bond donors (Lipinski definition) is 3. The number of nitrogens with zero attached hydrogens (tertiary/aromatic N) is 1. The van der Waals surface area contributed by atoms with E-state index in [0.29, 0.717) is 12.8 Å². The van der Waals surface area contributed by atoms with Crippen molar-refractivity contribution in [2.24, 2.45) is 5.41 Å². The van der Waals surface area contributed by atoms with Gasteiger partial charge in [0, 0.05) is 0 Å². The third-order valence-electron chi connectivity index (χ3n) is 3.12. The standard InChI is InChI=1S/C11H20N2O3/c1-4-10(3,6-12)9(16)13-11(5-2,7-14)8-15/h14-15H,4-5,7-8H2,1-3H3,(H,13,16). The summed E-state index contributed by atoms with van der Waals surface area (Å²) in [4.78, 5) is 11.9. The average Bonchev–Trinajstić information content (AvgIpc) is 2.34. The molecule has 92 valence electrons. The van der Waals surface area contributed by atoms with E-state index >= 15 is 0 Å². The van der Waals surface area contributed by atoms with Gasteiger partial charge < -0.3 is 15.5 Å². The molecule has 0 saturated heterocycles. The first kappa shape index (κ1) is 14.9. The average molecular weight is 228 g/mol. The molecular formula is C11H20N2O3. The van der Waals surface area contributed by atoms with Crippen LogP contribution in [-0.4, -0.2) is 34.9 Å². The first-order chi connectivity index (χ1) is 7.43. The number of nitrogens with one attached hydrogen (secondary N) is 1.